The van der Waals surface area contributed by atoms with Crippen LogP contribution in [0.25, 0.3) is 11.0 Å². The second kappa shape index (κ2) is 3.31. The van der Waals surface area contributed by atoms with Gasteiger partial charge in [-0.3, -0.25) is 0 Å². The molecule has 1 aromatic heterocycles. The van der Waals surface area contributed by atoms with Crippen LogP contribution >= 0.6 is 0 Å². The van der Waals surface area contributed by atoms with Gasteiger partial charge in [0.1, 0.15) is 11.3 Å². The number of rotatable bonds is 2. The fourth-order valence-electron chi connectivity index (χ4n) is 1.52. The summed E-state index contributed by atoms with van der Waals surface area (Å²) in [5.41, 5.74) is 7.65. The summed E-state index contributed by atoms with van der Waals surface area (Å²) in [6, 6.07) is 5.80. The van der Waals surface area contributed by atoms with Crippen molar-refractivity contribution in [3.63, 3.8) is 0 Å². The average Bonchev–Trinajstić information content (AvgIpc) is 2.60. The van der Waals surface area contributed by atoms with Crippen molar-refractivity contribution >= 4 is 11.0 Å². The van der Waals surface area contributed by atoms with E-state index in [-0.39, 0.29) is 6.17 Å². The van der Waals surface area contributed by atoms with Crippen LogP contribution in [-0.2, 0) is 0 Å². The number of nitrogens with zero attached hydrogens (tertiary/aromatic N) is 2. The highest BCUT2D eigenvalue weighted by Crippen LogP contribution is 2.24. The van der Waals surface area contributed by atoms with Gasteiger partial charge in [0, 0.05) is 0 Å². The zero-order chi connectivity index (χ0) is 10.1. The number of ether oxygens (including phenoxy) is 1. The molecule has 14 heavy (non-hydrogen) atoms. The summed E-state index contributed by atoms with van der Waals surface area (Å²) in [6.45, 7) is 1.92. The summed E-state index contributed by atoms with van der Waals surface area (Å²) in [6.07, 6.45) is 1.66. The normalized spacial score (nSPS) is 13.1. The minimum absolute atomic E-state index is 0.0768. The van der Waals surface area contributed by atoms with E-state index < -0.39 is 0 Å². The molecular formula is C10H13N3O. The molecule has 0 aliphatic rings. The van der Waals surface area contributed by atoms with Gasteiger partial charge in [-0.2, -0.15) is 0 Å². The third-order valence-corrected chi connectivity index (χ3v) is 2.23. The number of aromatic nitrogens is 2. The molecule has 1 heterocycles. The maximum Gasteiger partial charge on any atom is 0.146 e. The largest absolute Gasteiger partial charge is 0.494 e. The van der Waals surface area contributed by atoms with Crippen LogP contribution in [0.5, 0.6) is 5.75 Å². The molecule has 0 aliphatic heterocycles. The Morgan fingerprint density at radius 1 is 1.50 bits per heavy atom. The molecule has 2 aromatic rings. The SMILES string of the molecule is COc1cccc2c1ncn2C(C)N. The minimum atomic E-state index is -0.0768. The highest BCUT2D eigenvalue weighted by molar-refractivity contribution is 5.81. The van der Waals surface area contributed by atoms with Gasteiger partial charge in [0.2, 0.25) is 0 Å². The monoisotopic (exact) mass is 191 g/mol. The van der Waals surface area contributed by atoms with Crippen LogP contribution < -0.4 is 10.5 Å². The van der Waals surface area contributed by atoms with E-state index in [4.69, 9.17) is 10.5 Å². The standard InChI is InChI=1S/C10H13N3O/c1-7(11)13-6-12-10-8(13)4-3-5-9(10)14-2/h3-7H,11H2,1-2H3. The maximum absolute atomic E-state index is 5.80. The first-order valence-corrected chi connectivity index (χ1v) is 4.49. The Bertz CT molecular complexity index is 448. The molecule has 0 bridgehead atoms. The third-order valence-electron chi connectivity index (χ3n) is 2.23. The lowest BCUT2D eigenvalue weighted by molar-refractivity contribution is 0.419. The zero-order valence-electron chi connectivity index (χ0n) is 8.27. The van der Waals surface area contributed by atoms with Crippen LogP contribution in [0.2, 0.25) is 0 Å². The second-order valence-electron chi connectivity index (χ2n) is 3.22. The van der Waals surface area contributed by atoms with Crippen molar-refractivity contribution in [3.05, 3.63) is 24.5 Å². The lowest BCUT2D eigenvalue weighted by atomic mass is 10.3. The highest BCUT2D eigenvalue weighted by atomic mass is 16.5. The second-order valence-corrected chi connectivity index (χ2v) is 3.22. The summed E-state index contributed by atoms with van der Waals surface area (Å²) in [5, 5.41) is 0. The Balaban J connectivity index is 2.69. The zero-order valence-corrected chi connectivity index (χ0v) is 8.27. The molecule has 1 atom stereocenters. The van der Waals surface area contributed by atoms with E-state index in [0.717, 1.165) is 16.8 Å². The van der Waals surface area contributed by atoms with Gasteiger partial charge in [-0.15, -0.1) is 0 Å². The van der Waals surface area contributed by atoms with Crippen molar-refractivity contribution in [2.75, 3.05) is 7.11 Å². The van der Waals surface area contributed by atoms with Crippen molar-refractivity contribution in [3.8, 4) is 5.75 Å². The fourth-order valence-corrected chi connectivity index (χ4v) is 1.52. The van der Waals surface area contributed by atoms with Gasteiger partial charge in [-0.1, -0.05) is 6.07 Å². The van der Waals surface area contributed by atoms with Crippen LogP contribution in [0.15, 0.2) is 24.5 Å². The molecule has 0 amide bonds. The first kappa shape index (κ1) is 9.02. The Hall–Kier alpha value is -1.55. The van der Waals surface area contributed by atoms with Crippen LogP contribution in [-0.4, -0.2) is 16.7 Å². The van der Waals surface area contributed by atoms with E-state index in [1.165, 1.54) is 0 Å². The molecule has 0 aliphatic carbocycles. The van der Waals surface area contributed by atoms with Crippen molar-refractivity contribution < 1.29 is 4.74 Å². The first-order valence-electron chi connectivity index (χ1n) is 4.49. The molecule has 4 nitrogen and oxygen atoms in total. The van der Waals surface area contributed by atoms with Crippen LogP contribution in [0.1, 0.15) is 13.1 Å². The van der Waals surface area contributed by atoms with Gasteiger partial charge in [-0.05, 0) is 19.1 Å². The Kier molecular flexibility index (Phi) is 2.13. The Labute approximate surface area is 82.3 Å². The van der Waals surface area contributed by atoms with Crippen LogP contribution in [0, 0.1) is 0 Å². The van der Waals surface area contributed by atoms with Gasteiger partial charge in [0.15, 0.2) is 0 Å². The number of methoxy groups -OCH3 is 1. The van der Waals surface area contributed by atoms with Crippen molar-refractivity contribution in [2.24, 2.45) is 5.73 Å². The number of nitrogens with two attached hydrogens (primary N) is 1. The first-order chi connectivity index (χ1) is 6.74. The maximum atomic E-state index is 5.80. The third kappa shape index (κ3) is 1.24. The van der Waals surface area contributed by atoms with Crippen molar-refractivity contribution in [2.45, 2.75) is 13.1 Å². The van der Waals surface area contributed by atoms with Crippen LogP contribution in [0.4, 0.5) is 0 Å². The van der Waals surface area contributed by atoms with Gasteiger partial charge in [0.05, 0.1) is 25.1 Å². The molecule has 2 N–H and O–H groups in total. The summed E-state index contributed by atoms with van der Waals surface area (Å²) in [7, 11) is 1.64. The topological polar surface area (TPSA) is 53.1 Å². The molecule has 0 radical (unpaired) electrons. The molecule has 4 heteroatoms. The van der Waals surface area contributed by atoms with E-state index in [1.54, 1.807) is 13.4 Å². The molecule has 74 valence electrons. The molecule has 2 rings (SSSR count). The van der Waals surface area contributed by atoms with E-state index in [2.05, 4.69) is 4.98 Å². The highest BCUT2D eigenvalue weighted by Gasteiger charge is 2.08. The van der Waals surface area contributed by atoms with E-state index in [1.807, 2.05) is 29.7 Å². The van der Waals surface area contributed by atoms with Crippen molar-refractivity contribution in [1.82, 2.24) is 9.55 Å². The fraction of sp³-hybridized carbons (Fsp3) is 0.300. The van der Waals surface area contributed by atoms with Gasteiger partial charge < -0.3 is 15.0 Å². The minimum Gasteiger partial charge on any atom is -0.494 e. The summed E-state index contributed by atoms with van der Waals surface area (Å²) >= 11 is 0. The molecule has 0 saturated carbocycles. The molecule has 1 aromatic carbocycles. The number of benzene rings is 1. The number of para-hydroxylation sites is 1. The number of fused-ring (bicyclic) bond motifs is 1. The van der Waals surface area contributed by atoms with E-state index in [9.17, 15) is 0 Å². The lowest BCUT2D eigenvalue weighted by Gasteiger charge is -2.08. The summed E-state index contributed by atoms with van der Waals surface area (Å²) in [5.74, 6) is 0.780. The summed E-state index contributed by atoms with van der Waals surface area (Å²) in [4.78, 5) is 4.27. The number of hydrogen-bond acceptors (Lipinski definition) is 3. The van der Waals surface area contributed by atoms with Gasteiger partial charge in [-0.25, -0.2) is 4.98 Å². The molecule has 1 unspecified atom stereocenters. The number of hydrogen-bond donors (Lipinski definition) is 1. The predicted molar refractivity (Wildman–Crippen MR) is 55.2 cm³/mol. The average molecular weight is 191 g/mol. The van der Waals surface area contributed by atoms with E-state index in [0.29, 0.717) is 0 Å². The number of imidazole rings is 1. The smallest absolute Gasteiger partial charge is 0.146 e. The lowest BCUT2D eigenvalue weighted by Crippen LogP contribution is -2.13. The Morgan fingerprint density at radius 2 is 2.29 bits per heavy atom. The van der Waals surface area contributed by atoms with Crippen molar-refractivity contribution in [1.29, 1.82) is 0 Å². The molecule has 0 saturated heterocycles. The van der Waals surface area contributed by atoms with Gasteiger partial charge >= 0.3 is 0 Å². The molecular weight excluding hydrogens is 178 g/mol. The van der Waals surface area contributed by atoms with E-state index >= 15 is 0 Å². The van der Waals surface area contributed by atoms with Gasteiger partial charge in [0.25, 0.3) is 0 Å². The summed E-state index contributed by atoms with van der Waals surface area (Å²) < 4.78 is 7.12. The quantitative estimate of drug-likeness (QED) is 0.783. The van der Waals surface area contributed by atoms with Crippen LogP contribution in [0.3, 0.4) is 0 Å². The molecule has 0 spiro atoms. The molecule has 0 fully saturated rings. The predicted octanol–water partition coefficient (Wildman–Crippen LogP) is 1.52. The Morgan fingerprint density at radius 3 is 2.93 bits per heavy atom.